The summed E-state index contributed by atoms with van der Waals surface area (Å²) in [6.45, 7) is 4.35. The lowest BCUT2D eigenvalue weighted by Gasteiger charge is -2.15. The Morgan fingerprint density at radius 2 is 1.95 bits per heavy atom. The first-order valence-corrected chi connectivity index (χ1v) is 8.99. The minimum atomic E-state index is -3.54. The van der Waals surface area contributed by atoms with E-state index >= 15 is 0 Å². The SMILES string of the molecule is CC(C)CC(N)CNS(=O)(=O)c1ccc(Br)cc1Br. The summed E-state index contributed by atoms with van der Waals surface area (Å²) < 4.78 is 28.2. The molecule has 0 saturated carbocycles. The fourth-order valence-corrected chi connectivity index (χ4v) is 4.51. The molecule has 0 aromatic heterocycles. The van der Waals surface area contributed by atoms with Gasteiger partial charge < -0.3 is 5.73 Å². The molecule has 1 unspecified atom stereocenters. The summed E-state index contributed by atoms with van der Waals surface area (Å²) in [5.41, 5.74) is 5.88. The highest BCUT2D eigenvalue weighted by atomic mass is 79.9. The van der Waals surface area contributed by atoms with Crippen molar-refractivity contribution in [2.45, 2.75) is 31.2 Å². The van der Waals surface area contributed by atoms with Crippen molar-refractivity contribution in [3.8, 4) is 0 Å². The predicted octanol–water partition coefficient (Wildman–Crippen LogP) is 2.86. The van der Waals surface area contributed by atoms with E-state index in [1.54, 1.807) is 18.2 Å². The van der Waals surface area contributed by atoms with Crippen molar-refractivity contribution >= 4 is 41.9 Å². The van der Waals surface area contributed by atoms with Gasteiger partial charge in [-0.3, -0.25) is 0 Å². The molecule has 0 aliphatic rings. The van der Waals surface area contributed by atoms with Crippen molar-refractivity contribution in [2.24, 2.45) is 11.7 Å². The number of nitrogens with two attached hydrogens (primary N) is 1. The van der Waals surface area contributed by atoms with Crippen molar-refractivity contribution in [1.82, 2.24) is 4.72 Å². The average Bonchev–Trinajstić information content (AvgIpc) is 2.25. The van der Waals surface area contributed by atoms with Gasteiger partial charge in [0.25, 0.3) is 0 Å². The highest BCUT2D eigenvalue weighted by Gasteiger charge is 2.18. The van der Waals surface area contributed by atoms with Crippen LogP contribution in [0.4, 0.5) is 0 Å². The molecule has 3 N–H and O–H groups in total. The Labute approximate surface area is 131 Å². The number of benzene rings is 1. The van der Waals surface area contributed by atoms with E-state index in [4.69, 9.17) is 5.73 Å². The molecular weight excluding hydrogens is 396 g/mol. The Morgan fingerprint density at radius 1 is 1.32 bits per heavy atom. The third-order valence-corrected chi connectivity index (χ3v) is 5.39. The Morgan fingerprint density at radius 3 is 2.47 bits per heavy atom. The minimum absolute atomic E-state index is 0.177. The summed E-state index contributed by atoms with van der Waals surface area (Å²) in [5.74, 6) is 0.443. The molecule has 0 heterocycles. The van der Waals surface area contributed by atoms with Crippen LogP contribution in [0.25, 0.3) is 0 Å². The van der Waals surface area contributed by atoms with Crippen LogP contribution in [0, 0.1) is 5.92 Å². The number of hydrogen-bond acceptors (Lipinski definition) is 3. The van der Waals surface area contributed by atoms with E-state index in [1.807, 2.05) is 0 Å². The first kappa shape index (κ1) is 17.1. The molecule has 0 spiro atoms. The molecule has 0 amide bonds. The monoisotopic (exact) mass is 412 g/mol. The van der Waals surface area contributed by atoms with Crippen LogP contribution in [-0.2, 0) is 10.0 Å². The fourth-order valence-electron chi connectivity index (χ4n) is 1.68. The zero-order valence-corrected chi connectivity index (χ0v) is 14.8. The van der Waals surface area contributed by atoms with Gasteiger partial charge in [-0.2, -0.15) is 0 Å². The molecule has 1 rings (SSSR count). The van der Waals surface area contributed by atoms with Gasteiger partial charge in [0.2, 0.25) is 10.0 Å². The number of hydrogen-bond donors (Lipinski definition) is 2. The second-order valence-electron chi connectivity index (χ2n) is 4.82. The lowest BCUT2D eigenvalue weighted by molar-refractivity contribution is 0.486. The molecule has 0 saturated heterocycles. The molecule has 19 heavy (non-hydrogen) atoms. The smallest absolute Gasteiger partial charge is 0.241 e. The molecule has 0 aliphatic heterocycles. The van der Waals surface area contributed by atoms with Crippen LogP contribution >= 0.6 is 31.9 Å². The highest BCUT2D eigenvalue weighted by Crippen LogP contribution is 2.25. The minimum Gasteiger partial charge on any atom is -0.327 e. The van der Waals surface area contributed by atoms with Gasteiger partial charge in [0.15, 0.2) is 0 Å². The predicted molar refractivity (Wildman–Crippen MR) is 84.5 cm³/mol. The van der Waals surface area contributed by atoms with Gasteiger partial charge >= 0.3 is 0 Å². The van der Waals surface area contributed by atoms with Gasteiger partial charge in [-0.25, -0.2) is 13.1 Å². The zero-order chi connectivity index (χ0) is 14.6. The molecule has 1 atom stereocenters. The van der Waals surface area contributed by atoms with Gasteiger partial charge in [0.1, 0.15) is 0 Å². The number of sulfonamides is 1. The number of halogens is 2. The summed E-state index contributed by atoms with van der Waals surface area (Å²) in [4.78, 5) is 0.215. The van der Waals surface area contributed by atoms with Crippen LogP contribution < -0.4 is 10.5 Å². The third-order valence-electron chi connectivity index (χ3n) is 2.49. The molecule has 7 heteroatoms. The van der Waals surface area contributed by atoms with Crippen molar-refractivity contribution in [1.29, 1.82) is 0 Å². The first-order valence-electron chi connectivity index (χ1n) is 5.92. The number of nitrogens with one attached hydrogen (secondary N) is 1. The molecule has 0 aliphatic carbocycles. The molecule has 1 aromatic carbocycles. The molecule has 108 valence electrons. The Balaban J connectivity index is 2.76. The van der Waals surface area contributed by atoms with E-state index in [0.29, 0.717) is 10.4 Å². The van der Waals surface area contributed by atoms with Crippen LogP contribution in [-0.4, -0.2) is 21.0 Å². The first-order chi connectivity index (χ1) is 8.72. The summed E-state index contributed by atoms with van der Waals surface area (Å²) in [5, 5.41) is 0. The van der Waals surface area contributed by atoms with E-state index in [1.165, 1.54) is 0 Å². The summed E-state index contributed by atoms with van der Waals surface area (Å²) in [6, 6.07) is 4.75. The van der Waals surface area contributed by atoms with Gasteiger partial charge in [0.05, 0.1) is 4.90 Å². The fraction of sp³-hybridized carbons (Fsp3) is 0.500. The Kier molecular flexibility index (Phi) is 6.46. The maximum atomic E-state index is 12.1. The van der Waals surface area contributed by atoms with Crippen LogP contribution in [0.3, 0.4) is 0 Å². The van der Waals surface area contributed by atoms with Crippen LogP contribution in [0.5, 0.6) is 0 Å². The normalized spacial score (nSPS) is 13.8. The van der Waals surface area contributed by atoms with Gasteiger partial charge in [0, 0.05) is 21.5 Å². The Bertz CT molecular complexity index is 533. The van der Waals surface area contributed by atoms with Crippen molar-refractivity contribution in [3.63, 3.8) is 0 Å². The molecular formula is C12H18Br2N2O2S. The maximum absolute atomic E-state index is 12.1. The van der Waals surface area contributed by atoms with Crippen molar-refractivity contribution in [3.05, 3.63) is 27.1 Å². The molecule has 0 radical (unpaired) electrons. The molecule has 1 aromatic rings. The van der Waals surface area contributed by atoms with E-state index in [9.17, 15) is 8.42 Å². The lowest BCUT2D eigenvalue weighted by atomic mass is 10.1. The van der Waals surface area contributed by atoms with E-state index in [2.05, 4.69) is 50.4 Å². The van der Waals surface area contributed by atoms with Gasteiger partial charge in [-0.15, -0.1) is 0 Å². The second kappa shape index (κ2) is 7.17. The molecule has 0 fully saturated rings. The second-order valence-corrected chi connectivity index (χ2v) is 8.32. The van der Waals surface area contributed by atoms with E-state index in [0.717, 1.165) is 10.9 Å². The quantitative estimate of drug-likeness (QED) is 0.752. The Hall–Kier alpha value is 0.0500. The van der Waals surface area contributed by atoms with Crippen LogP contribution in [0.15, 0.2) is 32.0 Å². The highest BCUT2D eigenvalue weighted by molar-refractivity contribution is 9.11. The van der Waals surface area contributed by atoms with E-state index < -0.39 is 10.0 Å². The topological polar surface area (TPSA) is 72.2 Å². The number of rotatable bonds is 6. The molecule has 4 nitrogen and oxygen atoms in total. The standard InChI is InChI=1S/C12H18Br2N2O2S/c1-8(2)5-10(15)7-16-19(17,18)12-4-3-9(13)6-11(12)14/h3-4,6,8,10,16H,5,7,15H2,1-2H3. The van der Waals surface area contributed by atoms with Crippen LogP contribution in [0.1, 0.15) is 20.3 Å². The van der Waals surface area contributed by atoms with Crippen molar-refractivity contribution < 1.29 is 8.42 Å². The average molecular weight is 414 g/mol. The summed E-state index contributed by atoms with van der Waals surface area (Å²) >= 11 is 6.54. The van der Waals surface area contributed by atoms with Gasteiger partial charge in [-0.05, 0) is 46.5 Å². The van der Waals surface area contributed by atoms with Crippen LogP contribution in [0.2, 0.25) is 0 Å². The lowest BCUT2D eigenvalue weighted by Crippen LogP contribution is -2.38. The third kappa shape index (κ3) is 5.51. The summed E-state index contributed by atoms with van der Waals surface area (Å²) in [6.07, 6.45) is 0.782. The van der Waals surface area contributed by atoms with E-state index in [-0.39, 0.29) is 17.5 Å². The van der Waals surface area contributed by atoms with Crippen molar-refractivity contribution in [2.75, 3.05) is 6.54 Å². The zero-order valence-electron chi connectivity index (χ0n) is 10.9. The molecule has 0 bridgehead atoms. The largest absolute Gasteiger partial charge is 0.327 e. The maximum Gasteiger partial charge on any atom is 0.241 e. The van der Waals surface area contributed by atoms with Gasteiger partial charge in [-0.1, -0.05) is 29.8 Å². The summed E-state index contributed by atoms with van der Waals surface area (Å²) in [7, 11) is -3.54.